The molecular weight excluding hydrogens is 748 g/mol. The predicted molar refractivity (Wildman–Crippen MR) is 232 cm³/mol. The van der Waals surface area contributed by atoms with Gasteiger partial charge in [-0.15, -0.1) is 0 Å². The third-order valence-corrected chi connectivity index (χ3v) is 12.5. The summed E-state index contributed by atoms with van der Waals surface area (Å²) >= 11 is 0. The number of pyridine rings is 1. The molecule has 14 heteroatoms. The Hall–Kier alpha value is -5.76. The van der Waals surface area contributed by atoms with Crippen molar-refractivity contribution in [3.05, 3.63) is 95.1 Å². The molecule has 13 nitrogen and oxygen atoms in total. The number of fused-ring (bicyclic) bond motifs is 1. The number of likely N-dealkylation sites (tertiary alicyclic amines) is 1. The highest BCUT2D eigenvalue weighted by Gasteiger charge is 2.30. The van der Waals surface area contributed by atoms with Gasteiger partial charge in [-0.3, -0.25) is 24.6 Å². The van der Waals surface area contributed by atoms with Gasteiger partial charge >= 0.3 is 0 Å². The van der Waals surface area contributed by atoms with Crippen LogP contribution in [0, 0.1) is 18.7 Å². The summed E-state index contributed by atoms with van der Waals surface area (Å²) in [5, 5.41) is 12.6. The van der Waals surface area contributed by atoms with Crippen LogP contribution < -0.4 is 31.1 Å². The number of carbonyl (C=O) groups excluding carboxylic acids is 3. The number of piperazine rings is 1. The third-order valence-electron chi connectivity index (χ3n) is 12.5. The minimum Gasteiger partial charge on any atom is -0.380 e. The molecule has 5 aliphatic rings. The van der Waals surface area contributed by atoms with Crippen molar-refractivity contribution in [2.24, 2.45) is 10.9 Å². The first kappa shape index (κ1) is 40.0. The van der Waals surface area contributed by atoms with Crippen LogP contribution in [0.1, 0.15) is 66.4 Å². The van der Waals surface area contributed by atoms with Gasteiger partial charge in [-0.05, 0) is 98.6 Å². The van der Waals surface area contributed by atoms with Crippen molar-refractivity contribution in [3.63, 3.8) is 0 Å². The predicted octanol–water partition coefficient (Wildman–Crippen LogP) is 5.74. The van der Waals surface area contributed by atoms with Gasteiger partial charge in [-0.25, -0.2) is 14.4 Å². The molecule has 0 radical (unpaired) electrons. The molecule has 4 fully saturated rings. The van der Waals surface area contributed by atoms with Crippen LogP contribution in [-0.2, 0) is 9.59 Å². The highest BCUT2D eigenvalue weighted by molar-refractivity contribution is 6.01. The van der Waals surface area contributed by atoms with Gasteiger partial charge in [0.15, 0.2) is 0 Å². The topological polar surface area (TPSA) is 138 Å². The minimum absolute atomic E-state index is 0.0588. The zero-order valence-corrected chi connectivity index (χ0v) is 34.2. The molecule has 4 saturated heterocycles. The fourth-order valence-electron chi connectivity index (χ4n) is 8.99. The van der Waals surface area contributed by atoms with Gasteiger partial charge in [-0.2, -0.15) is 0 Å². The lowest BCUT2D eigenvalue weighted by Crippen LogP contribution is -2.49. The highest BCUT2D eigenvalue weighted by atomic mass is 19.1. The number of anilines is 5. The lowest BCUT2D eigenvalue weighted by Gasteiger charge is -2.39. The molecule has 1 atom stereocenters. The molecule has 310 valence electrons. The Bertz CT molecular complexity index is 2150. The lowest BCUT2D eigenvalue weighted by molar-refractivity contribution is -0.134. The van der Waals surface area contributed by atoms with Gasteiger partial charge in [0.05, 0.1) is 29.2 Å². The van der Waals surface area contributed by atoms with E-state index < -0.39 is 5.92 Å². The maximum Gasteiger partial charge on any atom is 0.253 e. The van der Waals surface area contributed by atoms with Gasteiger partial charge in [0.1, 0.15) is 17.5 Å². The van der Waals surface area contributed by atoms with Crippen LogP contribution in [0.25, 0.3) is 0 Å². The van der Waals surface area contributed by atoms with Crippen LogP contribution in [0.4, 0.5) is 33.0 Å². The minimum atomic E-state index is -0.496. The van der Waals surface area contributed by atoms with Crippen molar-refractivity contribution in [2.75, 3.05) is 97.7 Å². The summed E-state index contributed by atoms with van der Waals surface area (Å²) in [7, 11) is 0. The highest BCUT2D eigenvalue weighted by Crippen LogP contribution is 2.36. The number of amidine groups is 1. The molecule has 59 heavy (non-hydrogen) atoms. The first-order valence-corrected chi connectivity index (χ1v) is 21.0. The summed E-state index contributed by atoms with van der Waals surface area (Å²) in [6.45, 7) is 17.4. The summed E-state index contributed by atoms with van der Waals surface area (Å²) in [4.78, 5) is 55.4. The Balaban J connectivity index is 0.760. The fraction of sp³-hybridized carbons (Fsp3) is 0.444. The Labute approximate surface area is 345 Å². The Morgan fingerprint density at radius 3 is 2.44 bits per heavy atom. The fourth-order valence-corrected chi connectivity index (χ4v) is 8.99. The average molecular weight is 803 g/mol. The Morgan fingerprint density at radius 1 is 0.949 bits per heavy atom. The number of imide groups is 1. The molecule has 8 rings (SSSR count). The van der Waals surface area contributed by atoms with Gasteiger partial charge in [0.2, 0.25) is 11.8 Å². The summed E-state index contributed by atoms with van der Waals surface area (Å²) < 4.78 is 15.2. The number of nitrogens with one attached hydrogen (secondary N) is 4. The molecule has 3 amide bonds. The van der Waals surface area contributed by atoms with E-state index in [2.05, 4.69) is 54.5 Å². The third kappa shape index (κ3) is 9.12. The van der Waals surface area contributed by atoms with Crippen LogP contribution in [-0.4, -0.2) is 110 Å². The van der Waals surface area contributed by atoms with Gasteiger partial charge in [0, 0.05) is 101 Å². The van der Waals surface area contributed by atoms with E-state index >= 15 is 4.39 Å². The van der Waals surface area contributed by atoms with Crippen molar-refractivity contribution in [1.82, 2.24) is 20.1 Å². The lowest BCUT2D eigenvalue weighted by atomic mass is 9.90. The van der Waals surface area contributed by atoms with E-state index in [1.807, 2.05) is 54.6 Å². The van der Waals surface area contributed by atoms with E-state index in [0.29, 0.717) is 29.2 Å². The molecule has 6 heterocycles. The standard InChI is InChI=1S/C45H55FN10O3/c1-29-27-56(40-26-50-43-42(30(40)2)47-15-16-48-43)19-14-35(29)25-49-31(3)51-36-7-4-33(5-8-36)45(59)55-17-12-32(13-18-55)28-53-20-22-54(23-21-53)39-10-6-34(24-38(39)46)37-9-11-41(57)52-44(37)58/h4-8,10,24-26,32,37,47H,1,9,11-23,27-28H2,2-3H3,(H,48,50)(H,49,51)(H,52,57,58)/b35-25-. The molecular formula is C45H55FN10O3. The van der Waals surface area contributed by atoms with Crippen molar-refractivity contribution in [1.29, 1.82) is 0 Å². The number of hydrogen-bond donors (Lipinski definition) is 4. The number of amides is 3. The van der Waals surface area contributed by atoms with Crippen LogP contribution >= 0.6 is 0 Å². The first-order valence-electron chi connectivity index (χ1n) is 21.0. The summed E-state index contributed by atoms with van der Waals surface area (Å²) in [6.07, 6.45) is 7.30. The van der Waals surface area contributed by atoms with Crippen molar-refractivity contribution in [2.45, 2.75) is 51.9 Å². The monoisotopic (exact) mass is 802 g/mol. The largest absolute Gasteiger partial charge is 0.380 e. The number of nitrogens with zero attached hydrogens (tertiary/aromatic N) is 6. The van der Waals surface area contributed by atoms with Crippen LogP contribution in [0.2, 0.25) is 0 Å². The molecule has 0 aliphatic carbocycles. The van der Waals surface area contributed by atoms with Crippen LogP contribution in [0.15, 0.2) is 77.6 Å². The number of rotatable bonds is 8. The van der Waals surface area contributed by atoms with E-state index in [4.69, 9.17) is 4.99 Å². The van der Waals surface area contributed by atoms with Gasteiger partial charge < -0.3 is 30.7 Å². The molecule has 2 aromatic carbocycles. The van der Waals surface area contributed by atoms with Crippen LogP contribution in [0.3, 0.4) is 0 Å². The zero-order chi connectivity index (χ0) is 41.0. The quantitative estimate of drug-likeness (QED) is 0.127. The molecule has 3 aromatic rings. The maximum absolute atomic E-state index is 15.2. The normalized spacial score (nSPS) is 21.5. The molecule has 4 N–H and O–H groups in total. The first-order chi connectivity index (χ1) is 28.6. The molecule has 0 saturated carbocycles. The molecule has 0 bridgehead atoms. The Morgan fingerprint density at radius 2 is 1.71 bits per heavy atom. The summed E-state index contributed by atoms with van der Waals surface area (Å²) in [5.74, 6) is 0.788. The second kappa shape index (κ2) is 17.6. The second-order valence-electron chi connectivity index (χ2n) is 16.4. The number of hydrogen-bond acceptors (Lipinski definition) is 10. The van der Waals surface area contributed by atoms with E-state index in [-0.39, 0.29) is 30.0 Å². The number of piperidine rings is 3. The number of carbonyl (C=O) groups is 3. The van der Waals surface area contributed by atoms with Crippen molar-refractivity contribution < 1.29 is 18.8 Å². The van der Waals surface area contributed by atoms with Crippen molar-refractivity contribution >= 4 is 52.1 Å². The van der Waals surface area contributed by atoms with E-state index in [0.717, 1.165) is 131 Å². The second-order valence-corrected chi connectivity index (χ2v) is 16.4. The molecule has 5 aliphatic heterocycles. The van der Waals surface area contributed by atoms with Crippen LogP contribution in [0.5, 0.6) is 0 Å². The number of halogens is 1. The SMILES string of the molecule is C=C1CN(c2cnc3c(c2C)NCCN3)CC/C1=C/N=C(C)Nc1ccc(C(=O)N2CCC(CN3CCN(c4ccc(C5CCC(=O)NC5=O)cc4F)CC3)CC2)cc1. The number of aliphatic imine (C=N–C) groups is 1. The zero-order valence-electron chi connectivity index (χ0n) is 34.2. The number of benzene rings is 2. The number of aromatic nitrogens is 1. The molecule has 1 aromatic heterocycles. The van der Waals surface area contributed by atoms with Gasteiger partial charge in [0.25, 0.3) is 5.91 Å². The Kier molecular flexibility index (Phi) is 12.0. The van der Waals surface area contributed by atoms with Crippen molar-refractivity contribution in [3.8, 4) is 0 Å². The smallest absolute Gasteiger partial charge is 0.253 e. The van der Waals surface area contributed by atoms with Gasteiger partial charge in [-0.1, -0.05) is 12.6 Å². The molecule has 0 spiro atoms. The van der Waals surface area contributed by atoms with E-state index in [9.17, 15) is 14.4 Å². The molecule has 1 unspecified atom stereocenters. The van der Waals surface area contributed by atoms with E-state index in [1.54, 1.807) is 6.07 Å². The maximum atomic E-state index is 15.2. The summed E-state index contributed by atoms with van der Waals surface area (Å²) in [6, 6.07) is 12.7. The average Bonchev–Trinajstić information content (AvgIpc) is 3.24. The van der Waals surface area contributed by atoms with E-state index in [1.165, 1.54) is 11.6 Å². The summed E-state index contributed by atoms with van der Waals surface area (Å²) in [5.41, 5.74) is 8.32.